The van der Waals surface area contributed by atoms with Crippen molar-refractivity contribution in [2.45, 2.75) is 24.8 Å². The van der Waals surface area contributed by atoms with Crippen LogP contribution in [0.2, 0.25) is 0 Å². The molecule has 0 saturated carbocycles. The zero-order valence-electron chi connectivity index (χ0n) is 10.2. The van der Waals surface area contributed by atoms with Crippen LogP contribution >= 0.6 is 15.9 Å². The van der Waals surface area contributed by atoms with E-state index in [9.17, 15) is 8.42 Å². The summed E-state index contributed by atoms with van der Waals surface area (Å²) >= 11 is 3.23. The van der Waals surface area contributed by atoms with Crippen LogP contribution in [0.25, 0.3) is 0 Å². The third-order valence-corrected chi connectivity index (χ3v) is 3.55. The smallest absolute Gasteiger partial charge is 0.238 e. The van der Waals surface area contributed by atoms with Crippen molar-refractivity contribution < 1.29 is 17.9 Å². The van der Waals surface area contributed by atoms with Crippen LogP contribution in [0.5, 0.6) is 5.75 Å². The first-order valence-electron chi connectivity index (χ1n) is 5.37. The summed E-state index contributed by atoms with van der Waals surface area (Å²) in [6.45, 7) is 4.75. The van der Waals surface area contributed by atoms with Gasteiger partial charge < -0.3 is 9.47 Å². The molecule has 0 aliphatic heterocycles. The lowest BCUT2D eigenvalue weighted by Gasteiger charge is -2.11. The number of hydrogen-bond donors (Lipinski definition) is 1. The second-order valence-electron chi connectivity index (χ2n) is 3.91. The minimum Gasteiger partial charge on any atom is -0.490 e. The van der Waals surface area contributed by atoms with Crippen LogP contribution in [0.3, 0.4) is 0 Å². The predicted octanol–water partition coefficient (Wildman–Crippen LogP) is 1.90. The first-order valence-corrected chi connectivity index (χ1v) is 7.71. The van der Waals surface area contributed by atoms with E-state index in [1.165, 1.54) is 12.1 Å². The number of hydrogen-bond acceptors (Lipinski definition) is 4. The maximum Gasteiger partial charge on any atom is 0.238 e. The van der Waals surface area contributed by atoms with Gasteiger partial charge in [0, 0.05) is 0 Å². The van der Waals surface area contributed by atoms with Crippen molar-refractivity contribution in [2.24, 2.45) is 5.14 Å². The molecule has 1 rings (SSSR count). The number of rotatable bonds is 6. The summed E-state index contributed by atoms with van der Waals surface area (Å²) in [6.07, 6.45) is 0.154. The molecule has 0 aliphatic rings. The van der Waals surface area contributed by atoms with Crippen LogP contribution in [0.1, 0.15) is 13.8 Å². The SMILES string of the molecule is CC(C)OCCOc1ccc(S(N)(=O)=O)cc1Br. The molecule has 7 heteroatoms. The molecule has 1 aromatic rings. The molecular formula is C11H16BrNO4S. The van der Waals surface area contributed by atoms with Crippen LogP contribution in [-0.2, 0) is 14.8 Å². The van der Waals surface area contributed by atoms with Gasteiger partial charge in [-0.3, -0.25) is 0 Å². The number of primary sulfonamides is 1. The second kappa shape index (κ2) is 6.51. The fraction of sp³-hybridized carbons (Fsp3) is 0.455. The van der Waals surface area contributed by atoms with E-state index in [0.717, 1.165) is 0 Å². The Morgan fingerprint density at radius 1 is 1.33 bits per heavy atom. The zero-order chi connectivity index (χ0) is 13.8. The molecule has 1 aromatic carbocycles. The molecule has 0 aliphatic carbocycles. The van der Waals surface area contributed by atoms with Gasteiger partial charge in [-0.25, -0.2) is 13.6 Å². The summed E-state index contributed by atoms with van der Waals surface area (Å²) in [5.41, 5.74) is 0. The quantitative estimate of drug-likeness (QED) is 0.804. The third-order valence-electron chi connectivity index (χ3n) is 2.02. The van der Waals surface area contributed by atoms with Gasteiger partial charge in [0.25, 0.3) is 0 Å². The van der Waals surface area contributed by atoms with Crippen molar-refractivity contribution in [1.29, 1.82) is 0 Å². The Morgan fingerprint density at radius 2 is 2.00 bits per heavy atom. The molecule has 0 bridgehead atoms. The monoisotopic (exact) mass is 337 g/mol. The van der Waals surface area contributed by atoms with Crippen molar-refractivity contribution in [3.8, 4) is 5.75 Å². The van der Waals surface area contributed by atoms with E-state index in [1.807, 2.05) is 13.8 Å². The molecule has 102 valence electrons. The minimum absolute atomic E-state index is 0.0418. The van der Waals surface area contributed by atoms with Gasteiger partial charge >= 0.3 is 0 Å². The van der Waals surface area contributed by atoms with Crippen LogP contribution < -0.4 is 9.88 Å². The molecule has 0 amide bonds. The van der Waals surface area contributed by atoms with E-state index in [2.05, 4.69) is 15.9 Å². The normalized spacial score (nSPS) is 11.8. The maximum absolute atomic E-state index is 11.1. The van der Waals surface area contributed by atoms with Crippen molar-refractivity contribution in [2.75, 3.05) is 13.2 Å². The fourth-order valence-corrected chi connectivity index (χ4v) is 2.40. The highest BCUT2D eigenvalue weighted by atomic mass is 79.9. The van der Waals surface area contributed by atoms with E-state index >= 15 is 0 Å². The number of halogens is 1. The molecule has 0 spiro atoms. The summed E-state index contributed by atoms with van der Waals surface area (Å²) < 4.78 is 33.6. The molecule has 0 saturated heterocycles. The average molecular weight is 338 g/mol. The zero-order valence-corrected chi connectivity index (χ0v) is 12.6. The van der Waals surface area contributed by atoms with Crippen molar-refractivity contribution in [3.05, 3.63) is 22.7 Å². The largest absolute Gasteiger partial charge is 0.490 e. The number of nitrogens with two attached hydrogens (primary N) is 1. The highest BCUT2D eigenvalue weighted by Crippen LogP contribution is 2.27. The van der Waals surface area contributed by atoms with Gasteiger partial charge in [0.15, 0.2) is 0 Å². The molecule has 0 fully saturated rings. The Bertz CT molecular complexity index is 502. The molecule has 0 radical (unpaired) electrons. The maximum atomic E-state index is 11.1. The van der Waals surface area contributed by atoms with E-state index < -0.39 is 10.0 Å². The lowest BCUT2D eigenvalue weighted by molar-refractivity contribution is 0.0551. The Hall–Kier alpha value is -0.630. The predicted molar refractivity (Wildman–Crippen MR) is 72.1 cm³/mol. The first kappa shape index (κ1) is 15.4. The van der Waals surface area contributed by atoms with Gasteiger partial charge in [0.1, 0.15) is 12.4 Å². The van der Waals surface area contributed by atoms with Crippen LogP contribution in [0.4, 0.5) is 0 Å². The first-order chi connectivity index (χ1) is 8.30. The van der Waals surface area contributed by atoms with Gasteiger partial charge in [-0.05, 0) is 48.0 Å². The summed E-state index contributed by atoms with van der Waals surface area (Å²) in [5, 5.41) is 5.02. The van der Waals surface area contributed by atoms with Crippen LogP contribution in [-0.4, -0.2) is 27.7 Å². The molecule has 5 nitrogen and oxygen atoms in total. The lowest BCUT2D eigenvalue weighted by Crippen LogP contribution is -2.13. The number of sulfonamides is 1. The highest BCUT2D eigenvalue weighted by Gasteiger charge is 2.10. The molecule has 0 atom stereocenters. The Labute approximate surface area is 115 Å². The molecule has 18 heavy (non-hydrogen) atoms. The van der Waals surface area contributed by atoms with Crippen molar-refractivity contribution in [3.63, 3.8) is 0 Å². The average Bonchev–Trinajstić information content (AvgIpc) is 2.24. The topological polar surface area (TPSA) is 78.6 Å². The van der Waals surface area contributed by atoms with Crippen LogP contribution in [0.15, 0.2) is 27.6 Å². The lowest BCUT2D eigenvalue weighted by atomic mass is 10.3. The van der Waals surface area contributed by atoms with Gasteiger partial charge in [-0.2, -0.15) is 0 Å². The third kappa shape index (κ3) is 4.93. The van der Waals surface area contributed by atoms with Crippen molar-refractivity contribution in [1.82, 2.24) is 0 Å². The van der Waals surface area contributed by atoms with Gasteiger partial charge in [-0.15, -0.1) is 0 Å². The number of benzene rings is 1. The summed E-state index contributed by atoms with van der Waals surface area (Å²) in [7, 11) is -3.69. The molecular weight excluding hydrogens is 322 g/mol. The Morgan fingerprint density at radius 3 is 2.50 bits per heavy atom. The minimum atomic E-state index is -3.69. The Balaban J connectivity index is 2.64. The van der Waals surface area contributed by atoms with Crippen molar-refractivity contribution >= 4 is 26.0 Å². The summed E-state index contributed by atoms with van der Waals surface area (Å²) in [6, 6.07) is 4.37. The molecule has 2 N–H and O–H groups in total. The van der Waals surface area contributed by atoms with E-state index in [0.29, 0.717) is 23.4 Å². The highest BCUT2D eigenvalue weighted by molar-refractivity contribution is 9.10. The van der Waals surface area contributed by atoms with E-state index in [1.54, 1.807) is 6.07 Å². The Kier molecular flexibility index (Phi) is 5.58. The second-order valence-corrected chi connectivity index (χ2v) is 6.32. The number of ether oxygens (including phenoxy) is 2. The fourth-order valence-electron chi connectivity index (χ4n) is 1.21. The summed E-state index contributed by atoms with van der Waals surface area (Å²) in [4.78, 5) is 0.0418. The van der Waals surface area contributed by atoms with Crippen LogP contribution in [0, 0.1) is 0 Å². The van der Waals surface area contributed by atoms with E-state index in [-0.39, 0.29) is 11.0 Å². The van der Waals surface area contributed by atoms with Gasteiger partial charge in [0.2, 0.25) is 10.0 Å². The standard InChI is InChI=1S/C11H16BrNO4S/c1-8(2)16-5-6-17-11-4-3-9(7-10(11)12)18(13,14)15/h3-4,7-8H,5-6H2,1-2H3,(H2,13,14,15). The molecule has 0 unspecified atom stereocenters. The summed E-state index contributed by atoms with van der Waals surface area (Å²) in [5.74, 6) is 0.551. The molecule has 0 heterocycles. The van der Waals surface area contributed by atoms with Gasteiger partial charge in [-0.1, -0.05) is 0 Å². The molecule has 0 aromatic heterocycles. The van der Waals surface area contributed by atoms with E-state index in [4.69, 9.17) is 14.6 Å². The van der Waals surface area contributed by atoms with Gasteiger partial charge in [0.05, 0.1) is 22.1 Å².